The number of aryl methyl sites for hydroxylation is 1. The van der Waals surface area contributed by atoms with Gasteiger partial charge in [-0.3, -0.25) is 4.79 Å². The molecule has 24 heavy (non-hydrogen) atoms. The van der Waals surface area contributed by atoms with Gasteiger partial charge in [0.1, 0.15) is 5.76 Å². The molecule has 3 N–H and O–H groups in total. The van der Waals surface area contributed by atoms with E-state index in [1.807, 2.05) is 12.1 Å². The number of hydrogen-bond acceptors (Lipinski definition) is 4. The number of nitrogens with one attached hydrogen (secondary N) is 3. The molecule has 6 nitrogen and oxygen atoms in total. The Labute approximate surface area is 149 Å². The van der Waals surface area contributed by atoms with Gasteiger partial charge in [-0.1, -0.05) is 28.9 Å². The van der Waals surface area contributed by atoms with Crippen LogP contribution in [-0.2, 0) is 4.79 Å². The summed E-state index contributed by atoms with van der Waals surface area (Å²) < 4.78 is 4.97. The van der Waals surface area contributed by atoms with Crippen LogP contribution in [0, 0.1) is 6.92 Å². The molecular weight excluding hydrogens is 348 g/mol. The number of carbonyl (C=O) groups is 1. The summed E-state index contributed by atoms with van der Waals surface area (Å²) in [6.07, 6.45) is 0. The van der Waals surface area contributed by atoms with Crippen molar-refractivity contribution in [2.75, 3.05) is 5.32 Å². The first-order valence-electron chi connectivity index (χ1n) is 7.22. The first-order chi connectivity index (χ1) is 11.4. The number of thiocarbonyl (C=S) groups is 1. The van der Waals surface area contributed by atoms with Gasteiger partial charge >= 0.3 is 0 Å². The summed E-state index contributed by atoms with van der Waals surface area (Å²) in [5.74, 6) is 0.674. The van der Waals surface area contributed by atoms with Gasteiger partial charge in [-0.2, -0.15) is 0 Å². The fourth-order valence-corrected chi connectivity index (χ4v) is 3.01. The lowest BCUT2D eigenvalue weighted by Gasteiger charge is -2.30. The maximum absolute atomic E-state index is 12.8. The molecular formula is C16H15ClN4O2S. The van der Waals surface area contributed by atoms with Gasteiger partial charge in [0, 0.05) is 16.8 Å². The molecule has 1 aliphatic rings. The average molecular weight is 363 g/mol. The van der Waals surface area contributed by atoms with E-state index in [0.29, 0.717) is 33.0 Å². The molecule has 3 rings (SSSR count). The normalized spacial score (nSPS) is 17.3. The van der Waals surface area contributed by atoms with E-state index < -0.39 is 6.04 Å². The van der Waals surface area contributed by atoms with Gasteiger partial charge < -0.3 is 20.5 Å². The molecule has 0 radical (unpaired) electrons. The molecule has 1 unspecified atom stereocenters. The topological polar surface area (TPSA) is 79.2 Å². The highest BCUT2D eigenvalue weighted by Crippen LogP contribution is 2.29. The Morgan fingerprint density at radius 2 is 2.17 bits per heavy atom. The van der Waals surface area contributed by atoms with E-state index in [0.717, 1.165) is 5.56 Å². The predicted molar refractivity (Wildman–Crippen MR) is 95.6 cm³/mol. The Balaban J connectivity index is 1.95. The third-order valence-corrected chi connectivity index (χ3v) is 4.02. The van der Waals surface area contributed by atoms with Crippen molar-refractivity contribution in [3.05, 3.63) is 57.9 Å². The third-order valence-electron chi connectivity index (χ3n) is 3.57. The van der Waals surface area contributed by atoms with Crippen molar-refractivity contribution in [1.29, 1.82) is 0 Å². The molecule has 0 saturated heterocycles. The maximum atomic E-state index is 12.8. The zero-order valence-corrected chi connectivity index (χ0v) is 14.6. The molecule has 1 atom stereocenters. The van der Waals surface area contributed by atoms with Crippen LogP contribution in [-0.4, -0.2) is 16.2 Å². The molecule has 1 aromatic heterocycles. The Kier molecular flexibility index (Phi) is 4.55. The van der Waals surface area contributed by atoms with E-state index in [1.54, 1.807) is 32.0 Å². The van der Waals surface area contributed by atoms with Crippen LogP contribution in [0.5, 0.6) is 0 Å². The lowest BCUT2D eigenvalue weighted by atomic mass is 9.95. The van der Waals surface area contributed by atoms with Gasteiger partial charge in [0.25, 0.3) is 5.91 Å². The zero-order valence-electron chi connectivity index (χ0n) is 13.0. The Morgan fingerprint density at radius 3 is 2.83 bits per heavy atom. The van der Waals surface area contributed by atoms with Gasteiger partial charge in [-0.15, -0.1) is 0 Å². The molecule has 0 saturated carbocycles. The van der Waals surface area contributed by atoms with Crippen molar-refractivity contribution in [3.8, 4) is 0 Å². The third kappa shape index (κ3) is 3.42. The molecule has 0 bridgehead atoms. The molecule has 2 aromatic rings. The van der Waals surface area contributed by atoms with Gasteiger partial charge in [0.05, 0.1) is 11.6 Å². The van der Waals surface area contributed by atoms with Gasteiger partial charge in [0.15, 0.2) is 10.9 Å². The molecule has 8 heteroatoms. The molecule has 0 spiro atoms. The van der Waals surface area contributed by atoms with Gasteiger partial charge in [-0.05, 0) is 43.8 Å². The molecule has 1 aromatic carbocycles. The van der Waals surface area contributed by atoms with E-state index in [1.165, 1.54) is 0 Å². The minimum absolute atomic E-state index is 0.298. The number of rotatable bonds is 3. The van der Waals surface area contributed by atoms with Crippen LogP contribution in [0.4, 0.5) is 5.82 Å². The zero-order chi connectivity index (χ0) is 17.3. The highest BCUT2D eigenvalue weighted by Gasteiger charge is 2.30. The summed E-state index contributed by atoms with van der Waals surface area (Å²) in [7, 11) is 0. The Morgan fingerprint density at radius 1 is 1.38 bits per heavy atom. The number of anilines is 1. The molecule has 0 aliphatic carbocycles. The summed E-state index contributed by atoms with van der Waals surface area (Å²) >= 11 is 11.3. The Bertz CT molecular complexity index is 846. The maximum Gasteiger partial charge on any atom is 0.257 e. The van der Waals surface area contributed by atoms with E-state index in [2.05, 4.69) is 21.1 Å². The van der Waals surface area contributed by atoms with E-state index in [4.69, 9.17) is 28.3 Å². The van der Waals surface area contributed by atoms with E-state index in [-0.39, 0.29) is 5.91 Å². The van der Waals surface area contributed by atoms with Crippen LogP contribution in [0.3, 0.4) is 0 Å². The average Bonchev–Trinajstić information content (AvgIpc) is 2.91. The number of amides is 1. The number of hydrogen-bond donors (Lipinski definition) is 3. The second-order valence-corrected chi connectivity index (χ2v) is 6.25. The van der Waals surface area contributed by atoms with Crippen LogP contribution in [0.2, 0.25) is 5.02 Å². The highest BCUT2D eigenvalue weighted by molar-refractivity contribution is 7.80. The second kappa shape index (κ2) is 6.62. The van der Waals surface area contributed by atoms with Crippen molar-refractivity contribution in [2.45, 2.75) is 19.9 Å². The summed E-state index contributed by atoms with van der Waals surface area (Å²) in [5, 5.41) is 13.6. The van der Waals surface area contributed by atoms with Crippen LogP contribution in [0.1, 0.15) is 24.3 Å². The number of nitrogens with zero attached hydrogens (tertiary/aromatic N) is 1. The van der Waals surface area contributed by atoms with Crippen molar-refractivity contribution in [2.24, 2.45) is 0 Å². The number of halogens is 1. The minimum atomic E-state index is -0.412. The molecule has 1 aliphatic heterocycles. The first kappa shape index (κ1) is 16.5. The lowest BCUT2D eigenvalue weighted by molar-refractivity contribution is -0.113. The van der Waals surface area contributed by atoms with E-state index >= 15 is 0 Å². The second-order valence-electron chi connectivity index (χ2n) is 5.40. The van der Waals surface area contributed by atoms with Crippen molar-refractivity contribution in [1.82, 2.24) is 15.8 Å². The van der Waals surface area contributed by atoms with Crippen LogP contribution >= 0.6 is 23.8 Å². The number of aromatic nitrogens is 1. The molecule has 1 amide bonds. The fraction of sp³-hybridized carbons (Fsp3) is 0.188. The predicted octanol–water partition coefficient (Wildman–Crippen LogP) is 3.07. The largest absolute Gasteiger partial charge is 0.360 e. The van der Waals surface area contributed by atoms with Crippen molar-refractivity contribution in [3.63, 3.8) is 0 Å². The van der Waals surface area contributed by atoms with Crippen molar-refractivity contribution < 1.29 is 9.32 Å². The smallest absolute Gasteiger partial charge is 0.257 e. The van der Waals surface area contributed by atoms with Crippen LogP contribution in [0.25, 0.3) is 0 Å². The lowest BCUT2D eigenvalue weighted by Crippen LogP contribution is -2.45. The van der Waals surface area contributed by atoms with Crippen LogP contribution < -0.4 is 16.0 Å². The number of benzene rings is 1. The monoisotopic (exact) mass is 362 g/mol. The quantitative estimate of drug-likeness (QED) is 0.728. The summed E-state index contributed by atoms with van der Waals surface area (Å²) in [5.41, 5.74) is 2.01. The molecule has 0 fully saturated rings. The summed E-state index contributed by atoms with van der Waals surface area (Å²) in [4.78, 5) is 12.8. The number of carbonyl (C=O) groups excluding carboxylic acids is 1. The van der Waals surface area contributed by atoms with Gasteiger partial charge in [-0.25, -0.2) is 0 Å². The molecule has 124 valence electrons. The van der Waals surface area contributed by atoms with Crippen molar-refractivity contribution >= 4 is 40.7 Å². The fourth-order valence-electron chi connectivity index (χ4n) is 2.54. The SMILES string of the molecule is CC1=C(C(=O)Nc2cc(C)on2)C(c2cccc(Cl)c2)NC(=S)N1. The summed E-state index contributed by atoms with van der Waals surface area (Å²) in [6, 6.07) is 8.53. The van der Waals surface area contributed by atoms with Gasteiger partial charge in [0.2, 0.25) is 0 Å². The van der Waals surface area contributed by atoms with Crippen LogP contribution in [0.15, 0.2) is 46.1 Å². The Hall–Kier alpha value is -2.38. The number of allylic oxidation sites excluding steroid dienone is 1. The standard InChI is InChI=1S/C16H15ClN4O2S/c1-8-6-12(21-23-8)19-15(22)13-9(2)18-16(24)20-14(13)10-4-3-5-11(17)7-10/h3-7,14H,1-2H3,(H2,18,20,24)(H,19,21,22). The summed E-state index contributed by atoms with van der Waals surface area (Å²) in [6.45, 7) is 3.55. The minimum Gasteiger partial charge on any atom is -0.360 e. The van der Waals surface area contributed by atoms with E-state index in [9.17, 15) is 4.79 Å². The first-order valence-corrected chi connectivity index (χ1v) is 8.01. The molecule has 2 heterocycles. The highest BCUT2D eigenvalue weighted by atomic mass is 35.5.